The predicted octanol–water partition coefficient (Wildman–Crippen LogP) is 10.8. The first-order valence-electron chi connectivity index (χ1n) is 16.4. The first-order chi connectivity index (χ1) is 23.0. The summed E-state index contributed by atoms with van der Waals surface area (Å²) in [5.74, 6) is 0.284. The van der Waals surface area contributed by atoms with E-state index in [-0.39, 0.29) is 41.2 Å². The molecule has 1 aromatic heterocycles. The highest BCUT2D eigenvalue weighted by atomic mass is 16.3. The van der Waals surface area contributed by atoms with Crippen molar-refractivity contribution in [3.8, 4) is 22.6 Å². The van der Waals surface area contributed by atoms with Crippen LogP contribution in [0.1, 0.15) is 16.6 Å². The van der Waals surface area contributed by atoms with E-state index in [0.29, 0.717) is 0 Å². The van der Waals surface area contributed by atoms with E-state index < -0.39 is 0 Å². The molecule has 0 saturated heterocycles. The molecular formula is C40H26N2O. The monoisotopic (exact) mass is 554 g/mol. The molecule has 0 atom stereocenters. The number of hydrogen-bond donors (Lipinski definition) is 0. The zero-order chi connectivity index (χ0) is 31.8. The molecule has 1 aliphatic rings. The summed E-state index contributed by atoms with van der Waals surface area (Å²) < 4.78 is 38.5. The number of benzene rings is 7. The molecule has 0 bridgehead atoms. The number of hydrogen-bond acceptors (Lipinski definition) is 3. The molecule has 0 radical (unpaired) electrons. The van der Waals surface area contributed by atoms with Gasteiger partial charge in [0.1, 0.15) is 5.52 Å². The van der Waals surface area contributed by atoms with Gasteiger partial charge in [0.2, 0.25) is 5.89 Å². The van der Waals surface area contributed by atoms with E-state index in [1.165, 1.54) is 32.7 Å². The Bertz CT molecular complexity index is 2510. The van der Waals surface area contributed by atoms with Crippen LogP contribution in [0.25, 0.3) is 55.2 Å². The first kappa shape index (κ1) is 20.2. The number of oxazole rings is 1. The topological polar surface area (TPSA) is 29.3 Å². The highest BCUT2D eigenvalue weighted by Crippen LogP contribution is 2.45. The lowest BCUT2D eigenvalue weighted by molar-refractivity contribution is 0.620. The lowest BCUT2D eigenvalue weighted by Crippen LogP contribution is -2.10. The summed E-state index contributed by atoms with van der Waals surface area (Å²) in [5, 5.41) is 4.75. The third-order valence-corrected chi connectivity index (χ3v) is 8.45. The van der Waals surface area contributed by atoms with E-state index in [4.69, 9.17) is 9.90 Å². The molecule has 0 aliphatic heterocycles. The Hall–Kier alpha value is -5.67. The van der Waals surface area contributed by atoms with E-state index in [9.17, 15) is 0 Å². The molecule has 1 aliphatic carbocycles. The maximum atomic E-state index is 8.27. The fourth-order valence-corrected chi connectivity index (χ4v) is 6.48. The van der Waals surface area contributed by atoms with Crippen molar-refractivity contribution in [2.24, 2.45) is 0 Å². The van der Waals surface area contributed by atoms with Crippen LogP contribution in [0.15, 0.2) is 150 Å². The smallest absolute Gasteiger partial charge is 0.227 e. The van der Waals surface area contributed by atoms with Crippen molar-refractivity contribution >= 4 is 49.7 Å². The van der Waals surface area contributed by atoms with Crippen molar-refractivity contribution in [2.45, 2.75) is 6.42 Å². The lowest BCUT2D eigenvalue weighted by atomic mass is 9.98. The summed E-state index contributed by atoms with van der Waals surface area (Å²) >= 11 is 0. The van der Waals surface area contributed by atoms with Crippen LogP contribution in [-0.2, 0) is 6.42 Å². The van der Waals surface area contributed by atoms with Crippen molar-refractivity contribution in [2.75, 3.05) is 4.90 Å². The van der Waals surface area contributed by atoms with Gasteiger partial charge in [0.05, 0.1) is 11.2 Å². The van der Waals surface area contributed by atoms with Gasteiger partial charge in [-0.3, -0.25) is 0 Å². The molecule has 7 aromatic carbocycles. The Balaban J connectivity index is 1.16. The van der Waals surface area contributed by atoms with Crippen LogP contribution in [0, 0.1) is 0 Å². The van der Waals surface area contributed by atoms with Crippen LogP contribution in [-0.4, -0.2) is 4.98 Å². The van der Waals surface area contributed by atoms with Crippen LogP contribution < -0.4 is 4.90 Å². The molecule has 3 heteroatoms. The molecule has 202 valence electrons. The lowest BCUT2D eigenvalue weighted by Gasteiger charge is -2.27. The van der Waals surface area contributed by atoms with Crippen molar-refractivity contribution in [1.29, 1.82) is 0 Å². The number of fused-ring (bicyclic) bond motifs is 7. The molecule has 0 fully saturated rings. The van der Waals surface area contributed by atoms with E-state index >= 15 is 0 Å². The molecule has 9 rings (SSSR count). The number of para-hydroxylation sites is 3. The van der Waals surface area contributed by atoms with Crippen LogP contribution >= 0.6 is 0 Å². The summed E-state index contributed by atoms with van der Waals surface area (Å²) in [6, 6.07) is 41.6. The van der Waals surface area contributed by atoms with Gasteiger partial charge in [0, 0.05) is 22.3 Å². The number of anilines is 3. The Morgan fingerprint density at radius 3 is 2.40 bits per heavy atom. The molecule has 1 heterocycles. The Morgan fingerprint density at radius 2 is 1.44 bits per heavy atom. The molecule has 0 N–H and O–H groups in total. The zero-order valence-electron chi connectivity index (χ0n) is 27.1. The van der Waals surface area contributed by atoms with Crippen molar-refractivity contribution in [1.82, 2.24) is 4.98 Å². The van der Waals surface area contributed by atoms with Gasteiger partial charge in [-0.15, -0.1) is 0 Å². The van der Waals surface area contributed by atoms with Crippen molar-refractivity contribution in [3.05, 3.63) is 157 Å². The molecule has 0 unspecified atom stereocenters. The quantitative estimate of drug-likeness (QED) is 0.217. The Kier molecular flexibility index (Phi) is 4.44. The van der Waals surface area contributed by atoms with Crippen LogP contribution in [0.5, 0.6) is 0 Å². The van der Waals surface area contributed by atoms with Crippen LogP contribution in [0.4, 0.5) is 17.1 Å². The van der Waals surface area contributed by atoms with E-state index in [2.05, 4.69) is 119 Å². The van der Waals surface area contributed by atoms with Gasteiger partial charge in [-0.25, -0.2) is 4.98 Å². The highest BCUT2D eigenvalue weighted by molar-refractivity contribution is 6.02. The summed E-state index contributed by atoms with van der Waals surface area (Å²) in [7, 11) is 0. The van der Waals surface area contributed by atoms with E-state index in [1.807, 2.05) is 12.1 Å². The summed E-state index contributed by atoms with van der Waals surface area (Å²) in [5.41, 5.74) is 9.00. The van der Waals surface area contributed by atoms with Gasteiger partial charge in [-0.1, -0.05) is 90.9 Å². The van der Waals surface area contributed by atoms with Gasteiger partial charge in [-0.2, -0.15) is 0 Å². The SMILES string of the molecule is [2H]c1c([2H])c([2H])c2oc(-c3ccc4c(c3)Cc3c-4ccc4ccc(N(c5ccccc5)c5cccc6ccccc56)cc34)nc2c1[2H]. The second kappa shape index (κ2) is 9.43. The third kappa shape index (κ3) is 3.86. The number of aromatic nitrogens is 1. The number of nitrogens with zero attached hydrogens (tertiary/aromatic N) is 2. The largest absolute Gasteiger partial charge is 0.436 e. The van der Waals surface area contributed by atoms with Gasteiger partial charge < -0.3 is 9.32 Å². The van der Waals surface area contributed by atoms with E-state index in [1.54, 1.807) is 0 Å². The second-order valence-corrected chi connectivity index (χ2v) is 10.9. The molecule has 0 amide bonds. The minimum absolute atomic E-state index is 0.0717. The molecule has 0 spiro atoms. The summed E-state index contributed by atoms with van der Waals surface area (Å²) in [6.45, 7) is 0. The Labute approximate surface area is 254 Å². The average Bonchev–Trinajstić information content (AvgIpc) is 3.73. The highest BCUT2D eigenvalue weighted by Gasteiger charge is 2.23. The molecule has 43 heavy (non-hydrogen) atoms. The standard InChI is InChI=1S/C40H26N2O/c1-2-11-30(12-3-1)42(38-15-8-10-26-9-4-5-13-33(26)38)31-20-17-27-18-22-34-32-21-19-28(23-29(32)24-36(34)35(27)25-31)40-41-37-14-6-7-16-39(37)43-40/h1-23,25H,24H2/i6D,7D,14D,16D. The molecular weight excluding hydrogens is 524 g/mol. The van der Waals surface area contributed by atoms with Gasteiger partial charge in [0.25, 0.3) is 0 Å². The minimum Gasteiger partial charge on any atom is -0.436 e. The minimum atomic E-state index is -0.327. The second-order valence-electron chi connectivity index (χ2n) is 10.9. The number of rotatable bonds is 4. The van der Waals surface area contributed by atoms with Crippen LogP contribution in [0.3, 0.4) is 0 Å². The fourth-order valence-electron chi connectivity index (χ4n) is 6.48. The Morgan fingerprint density at radius 1 is 0.651 bits per heavy atom. The summed E-state index contributed by atoms with van der Waals surface area (Å²) in [6.07, 6.45) is 0.736. The molecule has 3 nitrogen and oxygen atoms in total. The first-order valence-corrected chi connectivity index (χ1v) is 14.4. The van der Waals surface area contributed by atoms with Gasteiger partial charge in [0.15, 0.2) is 5.58 Å². The maximum Gasteiger partial charge on any atom is 0.227 e. The molecule has 0 saturated carbocycles. The van der Waals surface area contributed by atoms with Crippen LogP contribution in [0.2, 0.25) is 0 Å². The van der Waals surface area contributed by atoms with Gasteiger partial charge >= 0.3 is 0 Å². The summed E-state index contributed by atoms with van der Waals surface area (Å²) in [4.78, 5) is 6.83. The van der Waals surface area contributed by atoms with Crippen molar-refractivity contribution < 1.29 is 9.90 Å². The fraction of sp³-hybridized carbons (Fsp3) is 0.0250. The van der Waals surface area contributed by atoms with E-state index in [0.717, 1.165) is 40.2 Å². The predicted molar refractivity (Wildman–Crippen MR) is 177 cm³/mol. The zero-order valence-corrected chi connectivity index (χ0v) is 23.1. The molecule has 8 aromatic rings. The normalized spacial score (nSPS) is 13.4. The average molecular weight is 555 g/mol. The third-order valence-electron chi connectivity index (χ3n) is 8.45. The maximum absolute atomic E-state index is 8.27. The van der Waals surface area contributed by atoms with Gasteiger partial charge in [-0.05, 0) is 99.4 Å². The van der Waals surface area contributed by atoms with Crippen molar-refractivity contribution in [3.63, 3.8) is 0 Å².